The van der Waals surface area contributed by atoms with Gasteiger partial charge in [-0.25, -0.2) is 12.7 Å². The van der Waals surface area contributed by atoms with Gasteiger partial charge in [0.25, 0.3) is 21.8 Å². The van der Waals surface area contributed by atoms with Crippen LogP contribution in [0.4, 0.5) is 0 Å². The lowest BCUT2D eigenvalue weighted by molar-refractivity contribution is -0.137. The van der Waals surface area contributed by atoms with Crippen molar-refractivity contribution in [3.8, 4) is 0 Å². The summed E-state index contributed by atoms with van der Waals surface area (Å²) in [5.74, 6) is -1.74. The second-order valence-electron chi connectivity index (χ2n) is 6.35. The molecule has 1 aromatic carbocycles. The van der Waals surface area contributed by atoms with Crippen LogP contribution in [-0.2, 0) is 14.8 Å². The number of carboxylic acid groups (broad SMARTS) is 1. The number of amides is 2. The first-order valence-corrected chi connectivity index (χ1v) is 10.4. The molecule has 2 N–H and O–H groups in total. The van der Waals surface area contributed by atoms with Crippen LogP contribution in [0.15, 0.2) is 23.1 Å². The summed E-state index contributed by atoms with van der Waals surface area (Å²) >= 11 is 0. The molecular weight excluding hydrogens is 372 g/mol. The molecule has 1 heterocycles. The van der Waals surface area contributed by atoms with Gasteiger partial charge in [-0.3, -0.25) is 14.4 Å². The van der Waals surface area contributed by atoms with Crippen LogP contribution in [0.25, 0.3) is 0 Å². The summed E-state index contributed by atoms with van der Waals surface area (Å²) < 4.78 is 25.5. The molecule has 0 bridgehead atoms. The number of hydrogen-bond acceptors (Lipinski definition) is 5. The van der Waals surface area contributed by atoms with E-state index in [9.17, 15) is 22.8 Å². The first kappa shape index (κ1) is 20.9. The van der Waals surface area contributed by atoms with Crippen molar-refractivity contribution >= 4 is 27.8 Å². The molecule has 0 atom stereocenters. The molecule has 0 unspecified atom stereocenters. The van der Waals surface area contributed by atoms with Gasteiger partial charge in [0.15, 0.2) is 0 Å². The molecule has 1 aliphatic heterocycles. The van der Waals surface area contributed by atoms with Gasteiger partial charge in [-0.15, -0.1) is 0 Å². The van der Waals surface area contributed by atoms with Crippen molar-refractivity contribution in [3.63, 3.8) is 0 Å². The number of unbranched alkanes of at least 4 members (excludes halogenated alkanes) is 4. The van der Waals surface area contributed by atoms with Gasteiger partial charge in [-0.1, -0.05) is 19.3 Å². The molecule has 0 radical (unpaired) electrons. The Kier molecular flexibility index (Phi) is 6.95. The highest BCUT2D eigenvalue weighted by molar-refractivity contribution is 7.90. The monoisotopic (exact) mass is 396 g/mol. The summed E-state index contributed by atoms with van der Waals surface area (Å²) in [5.41, 5.74) is 0.291. The van der Waals surface area contributed by atoms with Crippen LogP contribution in [0.3, 0.4) is 0 Å². The van der Waals surface area contributed by atoms with Gasteiger partial charge in [0.1, 0.15) is 4.90 Å². The zero-order valence-electron chi connectivity index (χ0n) is 15.2. The Bertz CT molecular complexity index is 834. The third kappa shape index (κ3) is 4.85. The SMILES string of the molecule is CCN1C(=O)c2ccc(C(=O)NCCCCCCCC(=O)O)cc2S1(=O)=O. The van der Waals surface area contributed by atoms with Crippen molar-refractivity contribution in [2.75, 3.05) is 13.1 Å². The molecule has 0 spiro atoms. The molecule has 9 heteroatoms. The number of nitrogens with zero attached hydrogens (tertiary/aromatic N) is 1. The van der Waals surface area contributed by atoms with Crippen molar-refractivity contribution in [2.24, 2.45) is 0 Å². The highest BCUT2D eigenvalue weighted by Crippen LogP contribution is 2.30. The molecule has 1 aliphatic rings. The molecule has 2 amide bonds. The number of carbonyl (C=O) groups excluding carboxylic acids is 2. The minimum atomic E-state index is -3.88. The molecule has 0 aliphatic carbocycles. The Morgan fingerprint density at radius 3 is 2.44 bits per heavy atom. The van der Waals surface area contributed by atoms with Crippen LogP contribution in [0.5, 0.6) is 0 Å². The highest BCUT2D eigenvalue weighted by atomic mass is 32.2. The summed E-state index contributed by atoms with van der Waals surface area (Å²) in [7, 11) is -3.88. The van der Waals surface area contributed by atoms with Gasteiger partial charge >= 0.3 is 5.97 Å². The lowest BCUT2D eigenvalue weighted by Crippen LogP contribution is -2.29. The van der Waals surface area contributed by atoms with E-state index in [1.54, 1.807) is 6.92 Å². The number of aliphatic carboxylic acids is 1. The maximum atomic E-state index is 12.4. The summed E-state index contributed by atoms with van der Waals surface area (Å²) in [5, 5.41) is 11.3. The molecule has 1 aromatic rings. The third-order valence-corrected chi connectivity index (χ3v) is 6.31. The average molecular weight is 396 g/mol. The predicted octanol–water partition coefficient (Wildman–Crippen LogP) is 2.01. The number of hydrogen-bond donors (Lipinski definition) is 2. The maximum Gasteiger partial charge on any atom is 0.303 e. The van der Waals surface area contributed by atoms with Crippen LogP contribution in [0.1, 0.15) is 66.2 Å². The van der Waals surface area contributed by atoms with E-state index < -0.39 is 21.9 Å². The zero-order valence-corrected chi connectivity index (χ0v) is 16.0. The standard InChI is InChI=1S/C18H24N2O6S/c1-2-20-18(24)14-10-9-13(12-15(14)27(20,25)26)17(23)19-11-7-5-3-4-6-8-16(21)22/h9-10,12H,2-8,11H2,1H3,(H,19,23)(H,21,22). The van der Waals surface area contributed by atoms with E-state index in [0.717, 1.165) is 30.0 Å². The molecule has 8 nitrogen and oxygen atoms in total. The Hall–Kier alpha value is -2.42. The first-order chi connectivity index (χ1) is 12.8. The zero-order chi connectivity index (χ0) is 20.0. The van der Waals surface area contributed by atoms with E-state index in [1.165, 1.54) is 18.2 Å². The number of nitrogens with one attached hydrogen (secondary N) is 1. The molecule has 0 aromatic heterocycles. The Labute approximate surface area is 158 Å². The minimum Gasteiger partial charge on any atom is -0.481 e. The number of rotatable bonds is 10. The molecule has 27 heavy (non-hydrogen) atoms. The minimum absolute atomic E-state index is 0.0455. The lowest BCUT2D eigenvalue weighted by atomic mass is 10.1. The van der Waals surface area contributed by atoms with Crippen LogP contribution >= 0.6 is 0 Å². The third-order valence-electron chi connectivity index (χ3n) is 4.41. The topological polar surface area (TPSA) is 121 Å². The van der Waals surface area contributed by atoms with E-state index >= 15 is 0 Å². The van der Waals surface area contributed by atoms with Gasteiger partial charge in [0.05, 0.1) is 5.56 Å². The van der Waals surface area contributed by atoms with Crippen molar-refractivity contribution in [3.05, 3.63) is 29.3 Å². The average Bonchev–Trinajstić information content (AvgIpc) is 2.82. The number of carbonyl (C=O) groups is 3. The summed E-state index contributed by atoms with van der Waals surface area (Å²) in [6, 6.07) is 4.08. The van der Waals surface area contributed by atoms with Gasteiger partial charge in [0.2, 0.25) is 0 Å². The van der Waals surface area contributed by atoms with Crippen molar-refractivity contribution in [1.29, 1.82) is 0 Å². The quantitative estimate of drug-likeness (QED) is 0.584. The largest absolute Gasteiger partial charge is 0.481 e. The van der Waals surface area contributed by atoms with Gasteiger partial charge in [-0.05, 0) is 38.0 Å². The van der Waals surface area contributed by atoms with Gasteiger partial charge in [-0.2, -0.15) is 0 Å². The Morgan fingerprint density at radius 1 is 1.11 bits per heavy atom. The van der Waals surface area contributed by atoms with E-state index in [2.05, 4.69) is 5.32 Å². The number of sulfonamides is 1. The molecule has 0 fully saturated rings. The van der Waals surface area contributed by atoms with Crippen LogP contribution in [0.2, 0.25) is 0 Å². The molecular formula is C18H24N2O6S. The molecule has 2 rings (SSSR count). The van der Waals surface area contributed by atoms with E-state index in [4.69, 9.17) is 5.11 Å². The number of benzene rings is 1. The Morgan fingerprint density at radius 2 is 1.78 bits per heavy atom. The van der Waals surface area contributed by atoms with Crippen molar-refractivity contribution < 1.29 is 27.9 Å². The fraction of sp³-hybridized carbons (Fsp3) is 0.500. The van der Waals surface area contributed by atoms with E-state index in [0.29, 0.717) is 13.0 Å². The van der Waals surface area contributed by atoms with Gasteiger partial charge in [0, 0.05) is 25.1 Å². The van der Waals surface area contributed by atoms with Crippen LogP contribution < -0.4 is 5.32 Å². The number of fused-ring (bicyclic) bond motifs is 1. The lowest BCUT2D eigenvalue weighted by Gasteiger charge is -2.11. The van der Waals surface area contributed by atoms with Crippen molar-refractivity contribution in [2.45, 2.75) is 50.3 Å². The second kappa shape index (κ2) is 8.98. The molecule has 148 valence electrons. The fourth-order valence-electron chi connectivity index (χ4n) is 2.96. The smallest absolute Gasteiger partial charge is 0.303 e. The molecule has 0 saturated carbocycles. The van der Waals surface area contributed by atoms with Crippen molar-refractivity contribution in [1.82, 2.24) is 9.62 Å². The maximum absolute atomic E-state index is 12.4. The van der Waals surface area contributed by atoms with E-state index in [1.807, 2.05) is 0 Å². The van der Waals surface area contributed by atoms with E-state index in [-0.39, 0.29) is 34.9 Å². The Balaban J connectivity index is 1.85. The number of carboxylic acids is 1. The van der Waals surface area contributed by atoms with Gasteiger partial charge < -0.3 is 10.4 Å². The summed E-state index contributed by atoms with van der Waals surface area (Å²) in [4.78, 5) is 34.6. The molecule has 0 saturated heterocycles. The highest BCUT2D eigenvalue weighted by Gasteiger charge is 2.40. The fourth-order valence-corrected chi connectivity index (χ4v) is 4.57. The first-order valence-electron chi connectivity index (χ1n) is 9.00. The van der Waals surface area contributed by atoms with Crippen LogP contribution in [0, 0.1) is 0 Å². The van der Waals surface area contributed by atoms with Crippen LogP contribution in [-0.4, -0.2) is 48.7 Å². The summed E-state index contributed by atoms with van der Waals surface area (Å²) in [6.45, 7) is 2.07. The second-order valence-corrected chi connectivity index (χ2v) is 8.18. The normalized spacial score (nSPS) is 14.9. The predicted molar refractivity (Wildman–Crippen MR) is 98.0 cm³/mol. The summed E-state index contributed by atoms with van der Waals surface area (Å²) in [6.07, 6.45) is 4.19.